The molecule has 2 atom stereocenters. The van der Waals surface area contributed by atoms with Crippen molar-refractivity contribution in [2.75, 3.05) is 18.0 Å². The number of piperidine rings is 1. The van der Waals surface area contributed by atoms with Crippen LogP contribution in [0.1, 0.15) is 45.7 Å². The first kappa shape index (κ1) is 13.4. The Morgan fingerprint density at radius 1 is 1.50 bits per heavy atom. The lowest BCUT2D eigenvalue weighted by atomic mass is 9.92. The van der Waals surface area contributed by atoms with Crippen molar-refractivity contribution in [1.82, 2.24) is 10.3 Å². The maximum atomic E-state index is 5.63. The number of nitrogens with zero attached hydrogens (tertiary/aromatic N) is 2. The van der Waals surface area contributed by atoms with E-state index in [1.54, 1.807) is 6.26 Å². The molecule has 1 saturated heterocycles. The van der Waals surface area contributed by atoms with Gasteiger partial charge >= 0.3 is 0 Å². The summed E-state index contributed by atoms with van der Waals surface area (Å²) in [5.41, 5.74) is 1.00. The Kier molecular flexibility index (Phi) is 4.64. The van der Waals surface area contributed by atoms with Gasteiger partial charge in [-0.1, -0.05) is 13.8 Å². The number of nitrogens with one attached hydrogen (secondary N) is 1. The number of anilines is 1. The standard InChI is InChI=1S/C14H25N3O/c1-4-7-15-9-13-10-18-14(16-13)17-8-5-6-11(2)12(17)3/h10-12,15H,4-9H2,1-3H3. The van der Waals surface area contributed by atoms with E-state index in [1.165, 1.54) is 12.8 Å². The average Bonchev–Trinajstić information content (AvgIpc) is 2.82. The SMILES string of the molecule is CCCNCc1coc(N2CCCC(C)C2C)n1. The van der Waals surface area contributed by atoms with Gasteiger partial charge in [0, 0.05) is 19.1 Å². The van der Waals surface area contributed by atoms with Crippen molar-refractivity contribution >= 4 is 6.01 Å². The summed E-state index contributed by atoms with van der Waals surface area (Å²) in [4.78, 5) is 6.89. The van der Waals surface area contributed by atoms with E-state index in [1.807, 2.05) is 0 Å². The minimum absolute atomic E-state index is 0.522. The third-order valence-corrected chi connectivity index (χ3v) is 3.89. The molecule has 2 rings (SSSR count). The zero-order chi connectivity index (χ0) is 13.0. The topological polar surface area (TPSA) is 41.3 Å². The first-order valence-electron chi connectivity index (χ1n) is 7.14. The summed E-state index contributed by atoms with van der Waals surface area (Å²) in [6.07, 6.45) is 5.47. The third-order valence-electron chi connectivity index (χ3n) is 3.89. The van der Waals surface area contributed by atoms with Gasteiger partial charge in [0.1, 0.15) is 6.26 Å². The van der Waals surface area contributed by atoms with E-state index >= 15 is 0 Å². The summed E-state index contributed by atoms with van der Waals surface area (Å²) in [6, 6.07) is 1.32. The molecule has 0 radical (unpaired) electrons. The molecule has 0 bridgehead atoms. The minimum atomic E-state index is 0.522. The van der Waals surface area contributed by atoms with Crippen molar-refractivity contribution in [2.45, 2.75) is 52.6 Å². The van der Waals surface area contributed by atoms with Gasteiger partial charge in [-0.3, -0.25) is 0 Å². The Morgan fingerprint density at radius 2 is 2.33 bits per heavy atom. The molecule has 1 aliphatic rings. The van der Waals surface area contributed by atoms with Gasteiger partial charge in [-0.15, -0.1) is 0 Å². The molecule has 2 heterocycles. The largest absolute Gasteiger partial charge is 0.432 e. The first-order valence-corrected chi connectivity index (χ1v) is 7.14. The maximum absolute atomic E-state index is 5.63. The van der Waals surface area contributed by atoms with Crippen molar-refractivity contribution in [1.29, 1.82) is 0 Å². The first-order chi connectivity index (χ1) is 8.72. The molecule has 0 aliphatic carbocycles. The second-order valence-electron chi connectivity index (χ2n) is 5.35. The highest BCUT2D eigenvalue weighted by molar-refractivity contribution is 5.30. The van der Waals surface area contributed by atoms with Crippen LogP contribution < -0.4 is 10.2 Å². The smallest absolute Gasteiger partial charge is 0.297 e. The Hall–Kier alpha value is -1.03. The second kappa shape index (κ2) is 6.23. The van der Waals surface area contributed by atoms with E-state index in [0.717, 1.165) is 37.8 Å². The highest BCUT2D eigenvalue weighted by atomic mass is 16.4. The molecular formula is C14H25N3O. The highest BCUT2D eigenvalue weighted by Crippen LogP contribution is 2.27. The Balaban J connectivity index is 1.96. The predicted molar refractivity (Wildman–Crippen MR) is 73.7 cm³/mol. The molecule has 1 aromatic heterocycles. The van der Waals surface area contributed by atoms with Crippen LogP contribution in [-0.4, -0.2) is 24.1 Å². The minimum Gasteiger partial charge on any atom is -0.432 e. The Labute approximate surface area is 110 Å². The molecule has 1 N–H and O–H groups in total. The molecule has 1 fully saturated rings. The van der Waals surface area contributed by atoms with Crippen LogP contribution in [-0.2, 0) is 6.54 Å². The summed E-state index contributed by atoms with van der Waals surface area (Å²) < 4.78 is 5.63. The maximum Gasteiger partial charge on any atom is 0.297 e. The summed E-state index contributed by atoms with van der Waals surface area (Å²) in [6.45, 7) is 9.63. The van der Waals surface area contributed by atoms with Crippen LogP contribution in [0.15, 0.2) is 10.7 Å². The van der Waals surface area contributed by atoms with Gasteiger partial charge in [0.2, 0.25) is 0 Å². The van der Waals surface area contributed by atoms with Crippen LogP contribution in [0.3, 0.4) is 0 Å². The molecule has 0 spiro atoms. The quantitative estimate of drug-likeness (QED) is 0.817. The molecule has 1 aliphatic heterocycles. The zero-order valence-corrected chi connectivity index (χ0v) is 11.8. The van der Waals surface area contributed by atoms with Gasteiger partial charge in [0.05, 0.1) is 5.69 Å². The summed E-state index contributed by atoms with van der Waals surface area (Å²) in [7, 11) is 0. The lowest BCUT2D eigenvalue weighted by Gasteiger charge is -2.36. The molecule has 102 valence electrons. The lowest BCUT2D eigenvalue weighted by Crippen LogP contribution is -2.42. The zero-order valence-electron chi connectivity index (χ0n) is 11.8. The summed E-state index contributed by atoms with van der Waals surface area (Å²) in [5, 5.41) is 3.35. The normalized spacial score (nSPS) is 24.5. The molecule has 0 aromatic carbocycles. The van der Waals surface area contributed by atoms with Crippen LogP contribution in [0.2, 0.25) is 0 Å². The molecule has 2 unspecified atom stereocenters. The van der Waals surface area contributed by atoms with E-state index in [0.29, 0.717) is 12.0 Å². The number of hydrogen-bond donors (Lipinski definition) is 1. The van der Waals surface area contributed by atoms with Crippen LogP contribution in [0.4, 0.5) is 6.01 Å². The summed E-state index contributed by atoms with van der Waals surface area (Å²) in [5.74, 6) is 0.715. The van der Waals surface area contributed by atoms with Crippen LogP contribution in [0.5, 0.6) is 0 Å². The van der Waals surface area contributed by atoms with Crippen molar-refractivity contribution in [3.8, 4) is 0 Å². The van der Waals surface area contributed by atoms with Gasteiger partial charge < -0.3 is 14.6 Å². The third kappa shape index (κ3) is 3.05. The average molecular weight is 251 g/mol. The molecule has 1 aromatic rings. The molecular weight excluding hydrogens is 226 g/mol. The highest BCUT2D eigenvalue weighted by Gasteiger charge is 2.27. The second-order valence-corrected chi connectivity index (χ2v) is 5.35. The fourth-order valence-corrected chi connectivity index (χ4v) is 2.51. The van der Waals surface area contributed by atoms with Crippen molar-refractivity contribution < 1.29 is 4.42 Å². The molecule has 18 heavy (non-hydrogen) atoms. The molecule has 4 nitrogen and oxygen atoms in total. The fraction of sp³-hybridized carbons (Fsp3) is 0.786. The van der Waals surface area contributed by atoms with Crippen LogP contribution in [0, 0.1) is 5.92 Å². The van der Waals surface area contributed by atoms with Gasteiger partial charge in [0.15, 0.2) is 0 Å². The van der Waals surface area contributed by atoms with E-state index in [4.69, 9.17) is 4.42 Å². The fourth-order valence-electron chi connectivity index (χ4n) is 2.51. The van der Waals surface area contributed by atoms with Crippen LogP contribution >= 0.6 is 0 Å². The van der Waals surface area contributed by atoms with Crippen molar-refractivity contribution in [3.63, 3.8) is 0 Å². The van der Waals surface area contributed by atoms with Gasteiger partial charge in [0.25, 0.3) is 6.01 Å². The van der Waals surface area contributed by atoms with E-state index in [-0.39, 0.29) is 0 Å². The van der Waals surface area contributed by atoms with Crippen LogP contribution in [0.25, 0.3) is 0 Å². The number of hydrogen-bond acceptors (Lipinski definition) is 4. The van der Waals surface area contributed by atoms with Gasteiger partial charge in [-0.2, -0.15) is 4.98 Å². The lowest BCUT2D eigenvalue weighted by molar-refractivity contribution is 0.343. The van der Waals surface area contributed by atoms with E-state index < -0.39 is 0 Å². The van der Waals surface area contributed by atoms with Gasteiger partial charge in [-0.25, -0.2) is 0 Å². The monoisotopic (exact) mass is 251 g/mol. The molecule has 4 heteroatoms. The molecule has 0 saturated carbocycles. The number of rotatable bonds is 5. The van der Waals surface area contributed by atoms with Gasteiger partial charge in [-0.05, 0) is 38.6 Å². The summed E-state index contributed by atoms with van der Waals surface area (Å²) >= 11 is 0. The Bertz CT molecular complexity index is 364. The van der Waals surface area contributed by atoms with Crippen molar-refractivity contribution in [2.24, 2.45) is 5.92 Å². The number of oxazole rings is 1. The van der Waals surface area contributed by atoms with E-state index in [9.17, 15) is 0 Å². The molecule has 0 amide bonds. The van der Waals surface area contributed by atoms with Crippen molar-refractivity contribution in [3.05, 3.63) is 12.0 Å². The van der Waals surface area contributed by atoms with E-state index in [2.05, 4.69) is 36.0 Å². The number of aromatic nitrogens is 1. The predicted octanol–water partition coefficient (Wildman–Crippen LogP) is 2.80. The Morgan fingerprint density at radius 3 is 3.11 bits per heavy atom.